The molecule has 2 heterocycles. The molecule has 5 nitrogen and oxygen atoms in total. The first-order chi connectivity index (χ1) is 9.50. The standard InChI is InChI=1S/C13H22N2O3S2/c1-10-9-19-12(7-14-2)13(10)20(16,17)15-6-4-5-11(8-15)18-3/h9,11,14H,4-8H2,1-3H3. The van der Waals surface area contributed by atoms with E-state index in [2.05, 4.69) is 5.32 Å². The van der Waals surface area contributed by atoms with Crippen LogP contribution >= 0.6 is 11.3 Å². The first kappa shape index (κ1) is 15.9. The van der Waals surface area contributed by atoms with Gasteiger partial charge in [0, 0.05) is 31.6 Å². The summed E-state index contributed by atoms with van der Waals surface area (Å²) in [5.74, 6) is 0. The van der Waals surface area contributed by atoms with Crippen LogP contribution in [-0.2, 0) is 21.3 Å². The van der Waals surface area contributed by atoms with E-state index in [0.717, 1.165) is 23.3 Å². The molecule has 1 aromatic rings. The Morgan fingerprint density at radius 3 is 2.95 bits per heavy atom. The molecule has 0 amide bonds. The second kappa shape index (κ2) is 6.53. The Hall–Kier alpha value is -0.470. The maximum absolute atomic E-state index is 12.9. The molecule has 114 valence electrons. The van der Waals surface area contributed by atoms with Crippen molar-refractivity contribution in [1.82, 2.24) is 9.62 Å². The average molecular weight is 318 g/mol. The highest BCUT2D eigenvalue weighted by atomic mass is 32.2. The highest BCUT2D eigenvalue weighted by Crippen LogP contribution is 2.31. The van der Waals surface area contributed by atoms with Crippen molar-refractivity contribution in [3.8, 4) is 0 Å². The van der Waals surface area contributed by atoms with Crippen LogP contribution in [0.4, 0.5) is 0 Å². The van der Waals surface area contributed by atoms with Gasteiger partial charge in [0.2, 0.25) is 10.0 Å². The monoisotopic (exact) mass is 318 g/mol. The normalized spacial score (nSPS) is 21.2. The fourth-order valence-electron chi connectivity index (χ4n) is 2.56. The van der Waals surface area contributed by atoms with Crippen LogP contribution in [0.1, 0.15) is 23.3 Å². The summed E-state index contributed by atoms with van der Waals surface area (Å²) in [6.07, 6.45) is 1.78. The van der Waals surface area contributed by atoms with Gasteiger partial charge in [0.1, 0.15) is 4.90 Å². The Kier molecular flexibility index (Phi) is 5.19. The van der Waals surface area contributed by atoms with E-state index in [1.165, 1.54) is 11.3 Å². The zero-order valence-corrected chi connectivity index (χ0v) is 13.8. The number of aryl methyl sites for hydroxylation is 1. The minimum atomic E-state index is -3.42. The average Bonchev–Trinajstić information content (AvgIpc) is 2.81. The van der Waals surface area contributed by atoms with Crippen molar-refractivity contribution in [2.45, 2.75) is 37.3 Å². The number of nitrogens with one attached hydrogen (secondary N) is 1. The highest BCUT2D eigenvalue weighted by Gasteiger charge is 2.33. The van der Waals surface area contributed by atoms with Crippen molar-refractivity contribution in [2.75, 3.05) is 27.2 Å². The summed E-state index contributed by atoms with van der Waals surface area (Å²) in [6.45, 7) is 3.47. The zero-order chi connectivity index (χ0) is 14.8. The number of piperidine rings is 1. The number of thiophene rings is 1. The van der Waals surface area contributed by atoms with Gasteiger partial charge < -0.3 is 10.1 Å². The third-order valence-electron chi connectivity index (χ3n) is 3.60. The molecule has 1 fully saturated rings. The Labute approximate surface area is 125 Å². The second-order valence-electron chi connectivity index (χ2n) is 5.06. The van der Waals surface area contributed by atoms with E-state index in [-0.39, 0.29) is 6.10 Å². The van der Waals surface area contributed by atoms with Gasteiger partial charge in [-0.05, 0) is 37.8 Å². The van der Waals surface area contributed by atoms with Crippen molar-refractivity contribution in [3.63, 3.8) is 0 Å². The molecule has 1 atom stereocenters. The molecule has 1 saturated heterocycles. The maximum atomic E-state index is 12.9. The molecule has 1 aliphatic rings. The lowest BCUT2D eigenvalue weighted by molar-refractivity contribution is 0.0571. The lowest BCUT2D eigenvalue weighted by Crippen LogP contribution is -2.43. The Balaban J connectivity index is 2.32. The van der Waals surface area contributed by atoms with Crippen molar-refractivity contribution in [2.24, 2.45) is 0 Å². The van der Waals surface area contributed by atoms with Gasteiger partial charge in [-0.15, -0.1) is 11.3 Å². The largest absolute Gasteiger partial charge is 0.380 e. The Morgan fingerprint density at radius 2 is 2.30 bits per heavy atom. The number of ether oxygens (including phenoxy) is 1. The lowest BCUT2D eigenvalue weighted by atomic mass is 10.1. The van der Waals surface area contributed by atoms with E-state index in [1.54, 1.807) is 11.4 Å². The SMILES string of the molecule is CNCc1scc(C)c1S(=O)(=O)N1CCCC(OC)C1. The van der Waals surface area contributed by atoms with E-state index in [4.69, 9.17) is 4.74 Å². The molecule has 1 unspecified atom stereocenters. The number of hydrogen-bond donors (Lipinski definition) is 1. The van der Waals surface area contributed by atoms with Crippen molar-refractivity contribution in [1.29, 1.82) is 0 Å². The topological polar surface area (TPSA) is 58.6 Å². The molecule has 0 saturated carbocycles. The van der Waals surface area contributed by atoms with Crippen LogP contribution in [0.3, 0.4) is 0 Å². The number of sulfonamides is 1. The van der Waals surface area contributed by atoms with Crippen molar-refractivity contribution >= 4 is 21.4 Å². The predicted molar refractivity (Wildman–Crippen MR) is 80.6 cm³/mol. The number of hydrogen-bond acceptors (Lipinski definition) is 5. The predicted octanol–water partition coefficient (Wildman–Crippen LogP) is 1.58. The minimum absolute atomic E-state index is 0.00483. The van der Waals surface area contributed by atoms with Crippen LogP contribution in [0, 0.1) is 6.92 Å². The molecular formula is C13H22N2O3S2. The molecule has 2 rings (SSSR count). The molecule has 0 bridgehead atoms. The maximum Gasteiger partial charge on any atom is 0.244 e. The Morgan fingerprint density at radius 1 is 1.55 bits per heavy atom. The van der Waals surface area contributed by atoms with Gasteiger partial charge in [-0.3, -0.25) is 0 Å². The fraction of sp³-hybridized carbons (Fsp3) is 0.692. The summed E-state index contributed by atoms with van der Waals surface area (Å²) in [5, 5.41) is 4.95. The van der Waals surface area contributed by atoms with E-state index in [9.17, 15) is 8.42 Å². The van der Waals surface area contributed by atoms with E-state index < -0.39 is 10.0 Å². The summed E-state index contributed by atoms with van der Waals surface area (Å²) >= 11 is 1.50. The van der Waals surface area contributed by atoms with Gasteiger partial charge >= 0.3 is 0 Å². The lowest BCUT2D eigenvalue weighted by Gasteiger charge is -2.31. The Bertz CT molecular complexity index is 554. The summed E-state index contributed by atoms with van der Waals surface area (Å²) in [4.78, 5) is 1.36. The molecule has 0 aromatic carbocycles. The third kappa shape index (κ3) is 3.07. The van der Waals surface area contributed by atoms with Crippen molar-refractivity contribution < 1.29 is 13.2 Å². The number of methoxy groups -OCH3 is 1. The number of rotatable bonds is 5. The van der Waals surface area contributed by atoms with Crippen LogP contribution in [0.15, 0.2) is 10.3 Å². The summed E-state index contributed by atoms with van der Waals surface area (Å²) in [6, 6.07) is 0. The van der Waals surface area contributed by atoms with Gasteiger partial charge in [-0.2, -0.15) is 4.31 Å². The first-order valence-corrected chi connectivity index (χ1v) is 9.07. The molecule has 1 N–H and O–H groups in total. The van der Waals surface area contributed by atoms with E-state index >= 15 is 0 Å². The van der Waals surface area contributed by atoms with Crippen LogP contribution < -0.4 is 5.32 Å². The summed E-state index contributed by atoms with van der Waals surface area (Å²) < 4.78 is 32.6. The summed E-state index contributed by atoms with van der Waals surface area (Å²) in [5.41, 5.74) is 0.833. The van der Waals surface area contributed by atoms with Crippen molar-refractivity contribution in [3.05, 3.63) is 15.8 Å². The van der Waals surface area contributed by atoms with Gasteiger partial charge in [0.05, 0.1) is 6.10 Å². The third-order valence-corrected chi connectivity index (χ3v) is 6.93. The molecule has 0 spiro atoms. The van der Waals surface area contributed by atoms with Gasteiger partial charge in [-0.25, -0.2) is 8.42 Å². The molecule has 0 aliphatic carbocycles. The summed E-state index contributed by atoms with van der Waals surface area (Å²) in [7, 11) is 0.0471. The van der Waals surface area contributed by atoms with Crippen LogP contribution in [0.2, 0.25) is 0 Å². The minimum Gasteiger partial charge on any atom is -0.380 e. The molecule has 7 heteroatoms. The first-order valence-electron chi connectivity index (χ1n) is 6.75. The van der Waals surface area contributed by atoms with E-state index in [1.807, 2.05) is 19.4 Å². The highest BCUT2D eigenvalue weighted by molar-refractivity contribution is 7.89. The number of nitrogens with zero attached hydrogens (tertiary/aromatic N) is 1. The smallest absolute Gasteiger partial charge is 0.244 e. The van der Waals surface area contributed by atoms with Gasteiger partial charge in [0.25, 0.3) is 0 Å². The molecule has 1 aliphatic heterocycles. The van der Waals surface area contributed by atoms with E-state index in [0.29, 0.717) is 24.5 Å². The molecular weight excluding hydrogens is 296 g/mol. The van der Waals surface area contributed by atoms with Crippen LogP contribution in [-0.4, -0.2) is 46.1 Å². The molecule has 1 aromatic heterocycles. The van der Waals surface area contributed by atoms with Crippen LogP contribution in [0.25, 0.3) is 0 Å². The van der Waals surface area contributed by atoms with Gasteiger partial charge in [0.15, 0.2) is 0 Å². The second-order valence-corrected chi connectivity index (χ2v) is 7.90. The quantitative estimate of drug-likeness (QED) is 0.895. The van der Waals surface area contributed by atoms with Gasteiger partial charge in [-0.1, -0.05) is 0 Å². The fourth-order valence-corrected chi connectivity index (χ4v) is 5.84. The zero-order valence-electron chi connectivity index (χ0n) is 12.2. The van der Waals surface area contributed by atoms with Crippen LogP contribution in [0.5, 0.6) is 0 Å². The molecule has 20 heavy (non-hydrogen) atoms. The molecule has 0 radical (unpaired) electrons.